The zero-order chi connectivity index (χ0) is 12.9. The SMILES string of the molecule is CCC(C)(CN)C(=O)NCC(C)c1nccs1. The van der Waals surface area contributed by atoms with E-state index in [1.54, 1.807) is 17.5 Å². The van der Waals surface area contributed by atoms with Crippen LogP contribution in [0, 0.1) is 5.41 Å². The fourth-order valence-electron chi connectivity index (χ4n) is 1.42. The fourth-order valence-corrected chi connectivity index (χ4v) is 2.12. The molecule has 0 aliphatic heterocycles. The van der Waals surface area contributed by atoms with Crippen LogP contribution in [-0.2, 0) is 4.79 Å². The van der Waals surface area contributed by atoms with E-state index in [1.165, 1.54) is 0 Å². The molecule has 1 aromatic heterocycles. The first-order chi connectivity index (χ1) is 8.03. The van der Waals surface area contributed by atoms with Gasteiger partial charge >= 0.3 is 0 Å². The Hall–Kier alpha value is -0.940. The van der Waals surface area contributed by atoms with Crippen LogP contribution in [-0.4, -0.2) is 24.0 Å². The van der Waals surface area contributed by atoms with Gasteiger partial charge in [-0.1, -0.05) is 13.8 Å². The molecule has 0 spiro atoms. The van der Waals surface area contributed by atoms with E-state index in [4.69, 9.17) is 5.73 Å². The number of nitrogens with two attached hydrogens (primary N) is 1. The second-order valence-corrected chi connectivity index (χ2v) is 5.53. The van der Waals surface area contributed by atoms with Crippen molar-refractivity contribution in [3.8, 4) is 0 Å². The number of amides is 1. The van der Waals surface area contributed by atoms with Gasteiger partial charge in [0.1, 0.15) is 0 Å². The minimum Gasteiger partial charge on any atom is -0.355 e. The summed E-state index contributed by atoms with van der Waals surface area (Å²) in [6.45, 7) is 6.93. The highest BCUT2D eigenvalue weighted by Gasteiger charge is 2.29. The Kier molecular flexibility index (Phi) is 5.08. The van der Waals surface area contributed by atoms with Crippen molar-refractivity contribution in [3.05, 3.63) is 16.6 Å². The second kappa shape index (κ2) is 6.12. The smallest absolute Gasteiger partial charge is 0.227 e. The van der Waals surface area contributed by atoms with Crippen LogP contribution in [0.2, 0.25) is 0 Å². The van der Waals surface area contributed by atoms with Crippen LogP contribution in [0.1, 0.15) is 38.1 Å². The van der Waals surface area contributed by atoms with Gasteiger partial charge in [-0.15, -0.1) is 11.3 Å². The molecule has 2 unspecified atom stereocenters. The van der Waals surface area contributed by atoms with Crippen molar-refractivity contribution in [1.82, 2.24) is 10.3 Å². The molecule has 1 amide bonds. The molecular formula is C12H21N3OS. The number of nitrogens with one attached hydrogen (secondary N) is 1. The number of carbonyl (C=O) groups excluding carboxylic acids is 1. The van der Waals surface area contributed by atoms with Gasteiger partial charge in [-0.05, 0) is 13.3 Å². The number of rotatable bonds is 6. The quantitative estimate of drug-likeness (QED) is 0.813. The van der Waals surface area contributed by atoms with Gasteiger partial charge in [-0.25, -0.2) is 4.98 Å². The summed E-state index contributed by atoms with van der Waals surface area (Å²) in [5.41, 5.74) is 5.19. The molecule has 0 aromatic carbocycles. The van der Waals surface area contributed by atoms with E-state index in [0.717, 1.165) is 11.4 Å². The van der Waals surface area contributed by atoms with E-state index < -0.39 is 5.41 Å². The summed E-state index contributed by atoms with van der Waals surface area (Å²) in [7, 11) is 0. The van der Waals surface area contributed by atoms with E-state index in [-0.39, 0.29) is 11.8 Å². The average molecular weight is 255 g/mol. The molecule has 0 bridgehead atoms. The Balaban J connectivity index is 2.48. The van der Waals surface area contributed by atoms with Crippen molar-refractivity contribution in [3.63, 3.8) is 0 Å². The van der Waals surface area contributed by atoms with Crippen LogP contribution in [0.25, 0.3) is 0 Å². The molecule has 0 radical (unpaired) electrons. The van der Waals surface area contributed by atoms with Crippen molar-refractivity contribution in [2.24, 2.45) is 11.1 Å². The molecule has 1 aromatic rings. The molecule has 96 valence electrons. The summed E-state index contributed by atoms with van der Waals surface area (Å²) >= 11 is 1.61. The molecule has 1 heterocycles. The van der Waals surface area contributed by atoms with Crippen molar-refractivity contribution in [2.45, 2.75) is 33.1 Å². The molecule has 17 heavy (non-hydrogen) atoms. The summed E-state index contributed by atoms with van der Waals surface area (Å²) in [4.78, 5) is 16.2. The monoisotopic (exact) mass is 255 g/mol. The molecule has 1 rings (SSSR count). The lowest BCUT2D eigenvalue weighted by Gasteiger charge is -2.25. The maximum atomic E-state index is 12.0. The third-order valence-corrected chi connectivity index (χ3v) is 4.23. The second-order valence-electron chi connectivity index (χ2n) is 4.60. The van der Waals surface area contributed by atoms with Crippen LogP contribution in [0.15, 0.2) is 11.6 Å². The van der Waals surface area contributed by atoms with Crippen LogP contribution in [0.3, 0.4) is 0 Å². The lowest BCUT2D eigenvalue weighted by Crippen LogP contribution is -2.44. The lowest BCUT2D eigenvalue weighted by atomic mass is 9.86. The Labute approximate surface area is 107 Å². The van der Waals surface area contributed by atoms with E-state index in [0.29, 0.717) is 13.1 Å². The first-order valence-corrected chi connectivity index (χ1v) is 6.79. The zero-order valence-corrected chi connectivity index (χ0v) is 11.5. The van der Waals surface area contributed by atoms with Gasteiger partial charge < -0.3 is 11.1 Å². The Bertz CT molecular complexity index is 347. The van der Waals surface area contributed by atoms with Gasteiger partial charge in [0.05, 0.1) is 10.4 Å². The summed E-state index contributed by atoms with van der Waals surface area (Å²) in [5.74, 6) is 0.281. The summed E-state index contributed by atoms with van der Waals surface area (Å²) in [6.07, 6.45) is 2.54. The van der Waals surface area contributed by atoms with Gasteiger partial charge in [-0.3, -0.25) is 4.79 Å². The van der Waals surface area contributed by atoms with Crippen molar-refractivity contribution in [1.29, 1.82) is 0 Å². The highest BCUT2D eigenvalue weighted by molar-refractivity contribution is 7.09. The molecule has 2 atom stereocenters. The molecule has 0 aliphatic carbocycles. The normalized spacial score (nSPS) is 16.2. The highest BCUT2D eigenvalue weighted by Crippen LogP contribution is 2.20. The number of carbonyl (C=O) groups is 1. The predicted molar refractivity (Wildman–Crippen MR) is 71.0 cm³/mol. The van der Waals surface area contributed by atoms with E-state index >= 15 is 0 Å². The largest absolute Gasteiger partial charge is 0.355 e. The maximum Gasteiger partial charge on any atom is 0.227 e. The average Bonchev–Trinajstić information content (AvgIpc) is 2.88. The van der Waals surface area contributed by atoms with Crippen molar-refractivity contribution in [2.75, 3.05) is 13.1 Å². The minimum absolute atomic E-state index is 0.0332. The standard InChI is InChI=1S/C12H21N3OS/c1-4-12(3,8-13)11(16)15-7-9(2)10-14-5-6-17-10/h5-6,9H,4,7-8,13H2,1-3H3,(H,15,16). The zero-order valence-electron chi connectivity index (χ0n) is 10.7. The number of hydrogen-bond donors (Lipinski definition) is 2. The van der Waals surface area contributed by atoms with Gasteiger partial charge in [0.15, 0.2) is 0 Å². The van der Waals surface area contributed by atoms with Crippen molar-refractivity contribution < 1.29 is 4.79 Å². The van der Waals surface area contributed by atoms with E-state index in [9.17, 15) is 4.79 Å². The Morgan fingerprint density at radius 2 is 2.41 bits per heavy atom. The molecule has 0 fully saturated rings. The number of aromatic nitrogens is 1. The van der Waals surface area contributed by atoms with E-state index in [1.807, 2.05) is 19.2 Å². The van der Waals surface area contributed by atoms with Crippen molar-refractivity contribution >= 4 is 17.2 Å². The highest BCUT2D eigenvalue weighted by atomic mass is 32.1. The fraction of sp³-hybridized carbons (Fsp3) is 0.667. The molecule has 3 N–H and O–H groups in total. The molecule has 0 saturated heterocycles. The minimum atomic E-state index is -0.456. The first-order valence-electron chi connectivity index (χ1n) is 5.91. The van der Waals surface area contributed by atoms with Gasteiger partial charge in [0.2, 0.25) is 5.91 Å². The Morgan fingerprint density at radius 3 is 2.88 bits per heavy atom. The van der Waals surface area contributed by atoms with Crippen LogP contribution >= 0.6 is 11.3 Å². The molecule has 0 saturated carbocycles. The lowest BCUT2D eigenvalue weighted by molar-refractivity contribution is -0.129. The number of thiazole rings is 1. The predicted octanol–water partition coefficient (Wildman–Crippen LogP) is 1.74. The molecule has 5 heteroatoms. The summed E-state index contributed by atoms with van der Waals surface area (Å²) in [6, 6.07) is 0. The maximum absolute atomic E-state index is 12.0. The summed E-state index contributed by atoms with van der Waals surface area (Å²) in [5, 5.41) is 5.96. The van der Waals surface area contributed by atoms with Crippen LogP contribution < -0.4 is 11.1 Å². The molecular weight excluding hydrogens is 234 g/mol. The first kappa shape index (κ1) is 14.1. The van der Waals surface area contributed by atoms with Gasteiger partial charge in [0, 0.05) is 30.6 Å². The topological polar surface area (TPSA) is 68.0 Å². The number of hydrogen-bond acceptors (Lipinski definition) is 4. The molecule has 4 nitrogen and oxygen atoms in total. The van der Waals surface area contributed by atoms with E-state index in [2.05, 4.69) is 17.2 Å². The third-order valence-electron chi connectivity index (χ3n) is 3.22. The summed E-state index contributed by atoms with van der Waals surface area (Å²) < 4.78 is 0. The third kappa shape index (κ3) is 3.51. The number of nitrogens with zero attached hydrogens (tertiary/aromatic N) is 1. The Morgan fingerprint density at radius 1 is 1.71 bits per heavy atom. The van der Waals surface area contributed by atoms with Crippen LogP contribution in [0.5, 0.6) is 0 Å². The van der Waals surface area contributed by atoms with Gasteiger partial charge in [-0.2, -0.15) is 0 Å². The van der Waals surface area contributed by atoms with Gasteiger partial charge in [0.25, 0.3) is 0 Å². The van der Waals surface area contributed by atoms with Crippen LogP contribution in [0.4, 0.5) is 0 Å². The molecule has 0 aliphatic rings.